The molecule has 0 radical (unpaired) electrons. The van der Waals surface area contributed by atoms with Crippen LogP contribution in [0.1, 0.15) is 15.9 Å². The summed E-state index contributed by atoms with van der Waals surface area (Å²) in [6.07, 6.45) is 0. The summed E-state index contributed by atoms with van der Waals surface area (Å²) in [5.74, 6) is 0.193. The number of nitrogens with one attached hydrogen (secondary N) is 1. The first-order chi connectivity index (χ1) is 17.0. The number of thioether (sulfide) groups is 1. The molecule has 1 amide bonds. The Hall–Kier alpha value is -4.10. The van der Waals surface area contributed by atoms with Crippen LogP contribution in [0, 0.1) is 6.92 Å². The molecule has 1 fully saturated rings. The largest absolute Gasteiger partial charge is 0.304 e. The van der Waals surface area contributed by atoms with E-state index in [9.17, 15) is 9.59 Å². The van der Waals surface area contributed by atoms with Crippen LogP contribution < -0.4 is 15.2 Å². The van der Waals surface area contributed by atoms with Crippen molar-refractivity contribution in [1.29, 1.82) is 0 Å². The van der Waals surface area contributed by atoms with Gasteiger partial charge in [0.1, 0.15) is 0 Å². The van der Waals surface area contributed by atoms with Gasteiger partial charge in [-0.05, 0) is 48.0 Å². The lowest BCUT2D eigenvalue weighted by atomic mass is 10.0. The Morgan fingerprint density at radius 1 is 0.886 bits per heavy atom. The van der Waals surface area contributed by atoms with Crippen molar-refractivity contribution in [3.63, 3.8) is 0 Å². The number of amidine groups is 1. The molecule has 1 spiro atoms. The van der Waals surface area contributed by atoms with Crippen molar-refractivity contribution in [2.24, 2.45) is 5.10 Å². The molecule has 2 aliphatic heterocycles. The molecular weight excluding hydrogens is 456 g/mol. The molecule has 6 nitrogen and oxygen atoms in total. The Morgan fingerprint density at radius 3 is 2.31 bits per heavy atom. The van der Waals surface area contributed by atoms with Crippen LogP contribution >= 0.6 is 11.8 Å². The summed E-state index contributed by atoms with van der Waals surface area (Å²) in [4.78, 5) is 28.4. The Kier molecular flexibility index (Phi) is 5.07. The molecule has 0 bridgehead atoms. The second kappa shape index (κ2) is 8.29. The van der Waals surface area contributed by atoms with Crippen LogP contribution in [-0.2, 0) is 4.79 Å². The van der Waals surface area contributed by atoms with Gasteiger partial charge in [0.25, 0.3) is 5.12 Å². The summed E-state index contributed by atoms with van der Waals surface area (Å²) < 4.78 is 0. The molecule has 1 saturated heterocycles. The van der Waals surface area contributed by atoms with Crippen LogP contribution in [0.2, 0.25) is 0 Å². The number of nitrogens with zero attached hydrogens (tertiary/aromatic N) is 3. The van der Waals surface area contributed by atoms with Gasteiger partial charge in [-0.3, -0.25) is 14.5 Å². The zero-order valence-electron chi connectivity index (χ0n) is 19.0. The number of para-hydroxylation sites is 1. The van der Waals surface area contributed by atoms with Gasteiger partial charge in [0.15, 0.2) is 0 Å². The van der Waals surface area contributed by atoms with Crippen molar-refractivity contribution in [1.82, 2.24) is 5.32 Å². The highest BCUT2D eigenvalue weighted by Crippen LogP contribution is 2.45. The molecule has 2 heterocycles. The molecule has 0 saturated carbocycles. The van der Waals surface area contributed by atoms with Crippen LogP contribution in [-0.4, -0.2) is 28.4 Å². The van der Waals surface area contributed by atoms with Crippen LogP contribution in [0.4, 0.5) is 11.4 Å². The Morgan fingerprint density at radius 2 is 1.60 bits per heavy atom. The summed E-state index contributed by atoms with van der Waals surface area (Å²) >= 11 is 1.41. The van der Waals surface area contributed by atoms with E-state index >= 15 is 0 Å². The zero-order chi connectivity index (χ0) is 24.0. The maximum Gasteiger partial charge on any atom is 0.268 e. The van der Waals surface area contributed by atoms with Crippen molar-refractivity contribution in [3.8, 4) is 0 Å². The minimum absolute atomic E-state index is 0.109. The summed E-state index contributed by atoms with van der Waals surface area (Å²) in [7, 11) is 0. The minimum atomic E-state index is -1.09. The molecule has 6 rings (SSSR count). The van der Waals surface area contributed by atoms with Crippen LogP contribution in [0.3, 0.4) is 0 Å². The van der Waals surface area contributed by atoms with E-state index in [1.807, 2.05) is 109 Å². The molecule has 1 N–H and O–H groups in total. The molecular formula is C28H22N4O2S. The van der Waals surface area contributed by atoms with Crippen molar-refractivity contribution in [3.05, 3.63) is 108 Å². The number of aryl methyl sites for hydroxylation is 1. The number of hydrogen-bond acceptors (Lipinski definition) is 6. The molecule has 2 aliphatic rings. The number of Topliss-reactive ketones (excluding diaryl/α,β-unsaturated/α-hetero) is 1. The monoisotopic (exact) mass is 478 g/mol. The maximum atomic E-state index is 14.0. The Balaban J connectivity index is 1.53. The van der Waals surface area contributed by atoms with Gasteiger partial charge in [0.05, 0.1) is 11.4 Å². The molecule has 35 heavy (non-hydrogen) atoms. The summed E-state index contributed by atoms with van der Waals surface area (Å²) in [5.41, 5.74) is 3.21. The quantitative estimate of drug-likeness (QED) is 0.411. The molecule has 0 aliphatic carbocycles. The van der Waals surface area contributed by atoms with Crippen LogP contribution in [0.15, 0.2) is 102 Å². The van der Waals surface area contributed by atoms with Gasteiger partial charge in [-0.2, -0.15) is 0 Å². The lowest BCUT2D eigenvalue weighted by Crippen LogP contribution is -2.62. The maximum absolute atomic E-state index is 14.0. The normalized spacial score (nSPS) is 19.3. The van der Waals surface area contributed by atoms with Crippen molar-refractivity contribution < 1.29 is 9.59 Å². The summed E-state index contributed by atoms with van der Waals surface area (Å²) in [6.45, 7) is 2.02. The van der Waals surface area contributed by atoms with E-state index in [2.05, 4.69) is 5.32 Å². The average molecular weight is 479 g/mol. The lowest BCUT2D eigenvalue weighted by molar-refractivity contribution is -0.118. The van der Waals surface area contributed by atoms with Gasteiger partial charge in [0, 0.05) is 11.3 Å². The van der Waals surface area contributed by atoms with Gasteiger partial charge in [-0.1, -0.05) is 84.1 Å². The zero-order valence-corrected chi connectivity index (χ0v) is 19.8. The number of amides is 1. The predicted molar refractivity (Wildman–Crippen MR) is 142 cm³/mol. The summed E-state index contributed by atoms with van der Waals surface area (Å²) in [5, 5.41) is 10.7. The number of carbonyl (C=O) groups is 2. The predicted octanol–water partition coefficient (Wildman–Crippen LogP) is 5.15. The number of carbonyl (C=O) groups excluding carboxylic acids is 2. The first-order valence-corrected chi connectivity index (χ1v) is 12.3. The molecule has 1 unspecified atom stereocenters. The first kappa shape index (κ1) is 21.4. The number of hydrazone groups is 1. The SMILES string of the molecule is Cc1ccc(N2N=C(C(=O)c3ccc4ccccc4c3)N(c3ccccc3)C23NC(=O)CS3)cc1. The Bertz CT molecular complexity index is 1490. The van der Waals surface area contributed by atoms with E-state index in [-0.39, 0.29) is 23.3 Å². The van der Waals surface area contributed by atoms with Gasteiger partial charge in [-0.25, -0.2) is 5.01 Å². The van der Waals surface area contributed by atoms with Gasteiger partial charge >= 0.3 is 0 Å². The fraction of sp³-hybridized carbons (Fsp3) is 0.107. The molecule has 4 aromatic rings. The number of ketones is 1. The van der Waals surface area contributed by atoms with E-state index < -0.39 is 5.12 Å². The minimum Gasteiger partial charge on any atom is -0.304 e. The molecule has 7 heteroatoms. The third kappa shape index (κ3) is 3.56. The highest BCUT2D eigenvalue weighted by molar-refractivity contribution is 8.02. The molecule has 1 atom stereocenters. The van der Waals surface area contributed by atoms with Crippen molar-refractivity contribution in [2.75, 3.05) is 15.7 Å². The fourth-order valence-corrected chi connectivity index (χ4v) is 5.68. The number of anilines is 2. The third-order valence-electron chi connectivity index (χ3n) is 6.21. The van der Waals surface area contributed by atoms with E-state index in [0.29, 0.717) is 5.56 Å². The molecule has 4 aromatic carbocycles. The van der Waals surface area contributed by atoms with Crippen molar-refractivity contribution in [2.45, 2.75) is 12.0 Å². The average Bonchev–Trinajstić information content (AvgIpc) is 3.44. The third-order valence-corrected chi connectivity index (χ3v) is 7.48. The standard InChI is InChI=1S/C28H22N4O2S/c1-19-11-15-24(16-12-19)32-28(29-25(33)18-35-28)31(23-9-3-2-4-10-23)27(30-32)26(34)22-14-13-20-7-5-6-8-21(20)17-22/h2-17H,18H2,1H3,(H,29,33). The summed E-state index contributed by atoms with van der Waals surface area (Å²) in [6, 6.07) is 31.1. The molecule has 0 aromatic heterocycles. The number of hydrogen-bond donors (Lipinski definition) is 1. The van der Waals surface area contributed by atoms with E-state index in [1.165, 1.54) is 11.8 Å². The van der Waals surface area contributed by atoms with Crippen LogP contribution in [0.25, 0.3) is 10.8 Å². The van der Waals surface area contributed by atoms with E-state index in [4.69, 9.17) is 5.10 Å². The van der Waals surface area contributed by atoms with Crippen LogP contribution in [0.5, 0.6) is 0 Å². The highest BCUT2D eigenvalue weighted by Gasteiger charge is 2.57. The second-order valence-corrected chi connectivity index (χ2v) is 9.72. The van der Waals surface area contributed by atoms with Crippen molar-refractivity contribution >= 4 is 51.4 Å². The van der Waals surface area contributed by atoms with Gasteiger partial charge in [0.2, 0.25) is 17.5 Å². The fourth-order valence-electron chi connectivity index (χ4n) is 4.50. The second-order valence-electron chi connectivity index (χ2n) is 8.58. The van der Waals surface area contributed by atoms with Gasteiger partial charge < -0.3 is 5.32 Å². The smallest absolute Gasteiger partial charge is 0.268 e. The van der Waals surface area contributed by atoms with E-state index in [0.717, 1.165) is 27.7 Å². The van der Waals surface area contributed by atoms with E-state index in [1.54, 1.807) is 5.01 Å². The first-order valence-electron chi connectivity index (χ1n) is 11.3. The highest BCUT2D eigenvalue weighted by atomic mass is 32.2. The van der Waals surface area contributed by atoms with Gasteiger partial charge in [-0.15, -0.1) is 5.10 Å². The number of rotatable bonds is 4. The topological polar surface area (TPSA) is 65.0 Å². The Labute approximate surface area is 207 Å². The number of fused-ring (bicyclic) bond motifs is 1. The molecule has 172 valence electrons. The number of benzene rings is 4. The lowest BCUT2D eigenvalue weighted by Gasteiger charge is -2.39.